The SMILES string of the molecule is Cc1cc(C)c(N2[CH-]N(c3[c-]c(Oc4[c-]c5c(cc4)c4ccccc4n5-c4cc(C(C)(C)C)ccn4)cc4c3oc3ccccc34)c3cccnc32)c(C)c1.[Pt]. The number of hydrogen-bond acceptors (Lipinski definition) is 6. The molecular weight excluding hydrogens is 874 g/mol. The van der Waals surface area contributed by atoms with Crippen LogP contribution in [0.2, 0.25) is 0 Å². The fraction of sp³-hybridized carbons (Fsp3) is 0.146. The summed E-state index contributed by atoms with van der Waals surface area (Å²) in [4.78, 5) is 14.0. The Balaban J connectivity index is 0.00000410. The number of benzene rings is 5. The number of para-hydroxylation sites is 2. The summed E-state index contributed by atoms with van der Waals surface area (Å²) in [5.41, 5.74) is 10.9. The number of aryl methyl sites for hydroxylation is 3. The van der Waals surface area contributed by atoms with Crippen molar-refractivity contribution in [2.75, 3.05) is 9.80 Å². The van der Waals surface area contributed by atoms with Crippen LogP contribution in [0.4, 0.5) is 22.9 Å². The minimum atomic E-state index is -0.0317. The Bertz CT molecular complexity index is 2970. The number of pyridine rings is 2. The molecule has 0 fully saturated rings. The van der Waals surface area contributed by atoms with E-state index in [1.807, 2.05) is 48.8 Å². The summed E-state index contributed by atoms with van der Waals surface area (Å²) in [6.45, 7) is 15.2. The average Bonchev–Trinajstić information content (AvgIpc) is 3.84. The molecule has 0 amide bonds. The Morgan fingerprint density at radius 2 is 1.46 bits per heavy atom. The third-order valence-electron chi connectivity index (χ3n) is 10.6. The molecule has 0 aliphatic carbocycles. The van der Waals surface area contributed by atoms with Gasteiger partial charge in [-0.3, -0.25) is 0 Å². The van der Waals surface area contributed by atoms with Crippen LogP contribution in [-0.4, -0.2) is 14.5 Å². The van der Waals surface area contributed by atoms with Gasteiger partial charge in [-0.2, -0.15) is 6.07 Å². The van der Waals surface area contributed by atoms with Crippen molar-refractivity contribution in [2.45, 2.75) is 47.0 Å². The number of furan rings is 1. The molecule has 1 aliphatic heterocycles. The summed E-state index contributed by atoms with van der Waals surface area (Å²) in [7, 11) is 0. The van der Waals surface area contributed by atoms with Crippen molar-refractivity contribution in [1.29, 1.82) is 0 Å². The van der Waals surface area contributed by atoms with E-state index < -0.39 is 0 Å². The van der Waals surface area contributed by atoms with E-state index in [-0.39, 0.29) is 26.5 Å². The number of nitrogens with zero attached hydrogens (tertiary/aromatic N) is 5. The molecule has 0 bridgehead atoms. The van der Waals surface area contributed by atoms with Crippen LogP contribution >= 0.6 is 0 Å². The topological polar surface area (TPSA) is 59.6 Å². The van der Waals surface area contributed by atoms with E-state index in [1.54, 1.807) is 0 Å². The maximum atomic E-state index is 6.77. The number of aromatic nitrogens is 3. The maximum Gasteiger partial charge on any atom is 0.135 e. The summed E-state index contributed by atoms with van der Waals surface area (Å²) in [6.07, 6.45) is 3.73. The quantitative estimate of drug-likeness (QED) is 0.160. The zero-order chi connectivity index (χ0) is 37.6. The summed E-state index contributed by atoms with van der Waals surface area (Å²) in [5.74, 6) is 2.78. The molecule has 1 aliphatic rings. The van der Waals surface area contributed by atoms with Gasteiger partial charge in [0.1, 0.15) is 17.2 Å². The molecule has 0 saturated carbocycles. The number of anilines is 4. The van der Waals surface area contributed by atoms with Gasteiger partial charge in [-0.15, -0.1) is 36.3 Å². The molecule has 0 saturated heterocycles. The van der Waals surface area contributed by atoms with Gasteiger partial charge >= 0.3 is 0 Å². The second-order valence-electron chi connectivity index (χ2n) is 15.5. The summed E-state index contributed by atoms with van der Waals surface area (Å²) in [5, 5.41) is 4.13. The molecule has 5 aromatic carbocycles. The van der Waals surface area contributed by atoms with Gasteiger partial charge in [-0.25, -0.2) is 9.97 Å². The molecule has 56 heavy (non-hydrogen) atoms. The largest absolute Gasteiger partial charge is 0.514 e. The molecule has 0 spiro atoms. The summed E-state index contributed by atoms with van der Waals surface area (Å²) >= 11 is 0. The maximum absolute atomic E-state index is 6.77. The predicted octanol–water partition coefficient (Wildman–Crippen LogP) is 12.5. The molecule has 4 aromatic heterocycles. The van der Waals surface area contributed by atoms with E-state index in [4.69, 9.17) is 19.1 Å². The van der Waals surface area contributed by atoms with Gasteiger partial charge < -0.3 is 23.5 Å². The fourth-order valence-electron chi connectivity index (χ4n) is 8.14. The molecule has 0 radical (unpaired) electrons. The van der Waals surface area contributed by atoms with E-state index in [0.717, 1.165) is 66.9 Å². The second kappa shape index (κ2) is 13.4. The Labute approximate surface area is 340 Å². The van der Waals surface area contributed by atoms with Crippen molar-refractivity contribution in [3.63, 3.8) is 0 Å². The van der Waals surface area contributed by atoms with Crippen molar-refractivity contribution < 1.29 is 30.2 Å². The first-order chi connectivity index (χ1) is 26.6. The molecule has 5 heterocycles. The Morgan fingerprint density at radius 3 is 2.27 bits per heavy atom. The van der Waals surface area contributed by atoms with Crippen LogP contribution < -0.4 is 14.5 Å². The van der Waals surface area contributed by atoms with Crippen molar-refractivity contribution in [1.82, 2.24) is 14.5 Å². The standard InChI is InChI=1S/C48H38N5O2.Pt/c1-29-22-30(2)45(31(3)23-29)52-28-51(40-15-11-20-50-47(40)52)42-27-34(25-38-37-13-8-10-16-43(37)55-46(38)42)54-33-17-18-36-35-12-7-9-14-39(35)53(41(36)26-33)44-24-32(19-21-49-44)48(4,5)6;/h7-25,28H,1-6H3;/q-3;. The molecule has 0 unspecified atom stereocenters. The molecule has 0 N–H and O–H groups in total. The van der Waals surface area contributed by atoms with Gasteiger partial charge in [0, 0.05) is 67.1 Å². The predicted molar refractivity (Wildman–Crippen MR) is 222 cm³/mol. The van der Waals surface area contributed by atoms with Crippen LogP contribution in [0.25, 0.3) is 49.6 Å². The van der Waals surface area contributed by atoms with Gasteiger partial charge in [0.2, 0.25) is 0 Å². The number of hydrogen-bond donors (Lipinski definition) is 0. The Hall–Kier alpha value is -5.91. The molecule has 0 atom stereocenters. The van der Waals surface area contributed by atoms with E-state index in [1.165, 1.54) is 22.3 Å². The van der Waals surface area contributed by atoms with E-state index in [9.17, 15) is 0 Å². The minimum absolute atomic E-state index is 0. The van der Waals surface area contributed by atoms with Crippen LogP contribution in [-0.2, 0) is 26.5 Å². The molecule has 9 aromatic rings. The molecule has 280 valence electrons. The van der Waals surface area contributed by atoms with Crippen LogP contribution in [0.5, 0.6) is 11.5 Å². The fourth-order valence-corrected chi connectivity index (χ4v) is 8.14. The molecule has 8 heteroatoms. The van der Waals surface area contributed by atoms with Crippen LogP contribution in [0, 0.1) is 39.6 Å². The Kier molecular flexibility index (Phi) is 8.55. The monoisotopic (exact) mass is 911 g/mol. The number of ether oxygens (including phenoxy) is 1. The van der Waals surface area contributed by atoms with Gasteiger partial charge in [0.05, 0.1) is 5.69 Å². The first-order valence-corrected chi connectivity index (χ1v) is 18.6. The van der Waals surface area contributed by atoms with E-state index in [2.05, 4.69) is 141 Å². The van der Waals surface area contributed by atoms with Crippen molar-refractivity contribution in [3.05, 3.63) is 157 Å². The molecule has 7 nitrogen and oxygen atoms in total. The third-order valence-corrected chi connectivity index (χ3v) is 10.6. The van der Waals surface area contributed by atoms with Gasteiger partial charge in [-0.05, 0) is 84.7 Å². The smallest absolute Gasteiger partial charge is 0.135 e. The van der Waals surface area contributed by atoms with Gasteiger partial charge in [0.25, 0.3) is 0 Å². The third kappa shape index (κ3) is 5.76. The van der Waals surface area contributed by atoms with Crippen molar-refractivity contribution >= 4 is 66.6 Å². The van der Waals surface area contributed by atoms with E-state index >= 15 is 0 Å². The van der Waals surface area contributed by atoms with E-state index in [0.29, 0.717) is 17.1 Å². The zero-order valence-electron chi connectivity index (χ0n) is 31.9. The molecule has 10 rings (SSSR count). The Morgan fingerprint density at radius 1 is 0.696 bits per heavy atom. The van der Waals surface area contributed by atoms with Crippen LogP contribution in [0.1, 0.15) is 43.0 Å². The van der Waals surface area contributed by atoms with Crippen molar-refractivity contribution in [3.8, 4) is 17.3 Å². The average molecular weight is 912 g/mol. The second-order valence-corrected chi connectivity index (χ2v) is 15.5. The zero-order valence-corrected chi connectivity index (χ0v) is 34.2. The summed E-state index contributed by atoms with van der Waals surface area (Å²) < 4.78 is 15.6. The van der Waals surface area contributed by atoms with Gasteiger partial charge in [0.15, 0.2) is 0 Å². The van der Waals surface area contributed by atoms with Crippen LogP contribution in [0.15, 0.2) is 120 Å². The van der Waals surface area contributed by atoms with Crippen molar-refractivity contribution in [2.24, 2.45) is 0 Å². The normalized spacial score (nSPS) is 12.9. The molecular formula is C48H38N5O2Pt-3. The van der Waals surface area contributed by atoms with Gasteiger partial charge in [-0.1, -0.05) is 91.5 Å². The number of rotatable bonds is 5. The van der Waals surface area contributed by atoms with Crippen LogP contribution in [0.3, 0.4) is 0 Å². The number of fused-ring (bicyclic) bond motifs is 7. The first kappa shape index (κ1) is 35.8. The summed E-state index contributed by atoms with van der Waals surface area (Å²) in [6, 6.07) is 42.6. The minimum Gasteiger partial charge on any atom is -0.514 e. The first-order valence-electron chi connectivity index (χ1n) is 18.6.